The Morgan fingerprint density at radius 2 is 1.95 bits per heavy atom. The van der Waals surface area contributed by atoms with Crippen LogP contribution in [0.4, 0.5) is 5.69 Å². The Balaban J connectivity index is 1.45. The van der Waals surface area contributed by atoms with E-state index in [1.807, 2.05) is 0 Å². The molecule has 6 rings (SSSR count). The number of benzene rings is 3. The number of carbonyl (C=O) groups excluding carboxylic acids is 1. The summed E-state index contributed by atoms with van der Waals surface area (Å²) in [4.78, 5) is 44.0. The van der Waals surface area contributed by atoms with Gasteiger partial charge in [0.15, 0.2) is 12.4 Å². The maximum atomic E-state index is 13.7. The van der Waals surface area contributed by atoms with Crippen molar-refractivity contribution in [2.45, 2.75) is 0 Å². The van der Waals surface area contributed by atoms with Crippen LogP contribution in [0.1, 0.15) is 5.56 Å². The number of carbonyl (C=O) groups is 1. The van der Waals surface area contributed by atoms with Crippen molar-refractivity contribution in [2.75, 3.05) is 32.9 Å². The van der Waals surface area contributed by atoms with Crippen LogP contribution in [0.15, 0.2) is 79.4 Å². The van der Waals surface area contributed by atoms with Gasteiger partial charge in [0.1, 0.15) is 5.58 Å². The Hall–Kier alpha value is -4.59. The summed E-state index contributed by atoms with van der Waals surface area (Å²) in [5, 5.41) is 17.9. The number of amides is 1. The minimum absolute atomic E-state index is 0.0988. The van der Waals surface area contributed by atoms with Crippen LogP contribution < -0.4 is 10.3 Å². The number of nitrogens with zero attached hydrogens (tertiary/aromatic N) is 5. The summed E-state index contributed by atoms with van der Waals surface area (Å²) < 4.78 is 18.4. The molecular formula is C29H21BrClN5O7. The van der Waals surface area contributed by atoms with E-state index in [9.17, 15) is 19.7 Å². The molecular weight excluding hydrogens is 646 g/mol. The molecule has 0 radical (unpaired) electrons. The first-order chi connectivity index (χ1) is 20.8. The molecule has 0 saturated carbocycles. The summed E-state index contributed by atoms with van der Waals surface area (Å²) in [7, 11) is 0. The molecule has 1 saturated heterocycles. The van der Waals surface area contributed by atoms with E-state index in [2.05, 4.69) is 26.0 Å². The first kappa shape index (κ1) is 28.5. The van der Waals surface area contributed by atoms with Crippen LogP contribution >= 0.6 is 27.5 Å². The number of furan rings is 1. The number of hydrogen-bond acceptors (Lipinski definition) is 9. The maximum absolute atomic E-state index is 13.7. The normalized spacial score (nSPS) is 13.7. The Morgan fingerprint density at radius 1 is 1.16 bits per heavy atom. The average Bonchev–Trinajstić information content (AvgIpc) is 3.43. The molecule has 0 bridgehead atoms. The third-order valence-corrected chi connectivity index (χ3v) is 7.42. The molecule has 3 heterocycles. The van der Waals surface area contributed by atoms with Crippen molar-refractivity contribution in [3.8, 4) is 17.3 Å². The maximum Gasteiger partial charge on any atom is 0.312 e. The predicted octanol–water partition coefficient (Wildman–Crippen LogP) is 5.25. The number of fused-ring (bicyclic) bond motifs is 2. The van der Waals surface area contributed by atoms with Crippen LogP contribution in [-0.2, 0) is 9.53 Å². The lowest BCUT2D eigenvalue weighted by atomic mass is 10.2. The van der Waals surface area contributed by atoms with E-state index in [0.717, 1.165) is 4.68 Å². The van der Waals surface area contributed by atoms with Crippen molar-refractivity contribution in [2.24, 2.45) is 5.10 Å². The topological polar surface area (TPSA) is 142 Å². The summed E-state index contributed by atoms with van der Waals surface area (Å²) in [6, 6.07) is 16.4. The molecule has 1 aliphatic rings. The highest BCUT2D eigenvalue weighted by Gasteiger charge is 2.24. The van der Waals surface area contributed by atoms with Gasteiger partial charge >= 0.3 is 5.69 Å². The molecule has 3 aromatic carbocycles. The third kappa shape index (κ3) is 5.87. The zero-order valence-electron chi connectivity index (χ0n) is 22.2. The van der Waals surface area contributed by atoms with Gasteiger partial charge in [-0.1, -0.05) is 39.7 Å². The molecule has 0 aliphatic carbocycles. The van der Waals surface area contributed by atoms with Gasteiger partial charge in [-0.3, -0.25) is 19.7 Å². The van der Waals surface area contributed by atoms with Gasteiger partial charge < -0.3 is 18.8 Å². The van der Waals surface area contributed by atoms with E-state index in [4.69, 9.17) is 25.5 Å². The van der Waals surface area contributed by atoms with Crippen LogP contribution in [0, 0.1) is 10.1 Å². The molecule has 0 unspecified atom stereocenters. The van der Waals surface area contributed by atoms with Crippen LogP contribution in [-0.4, -0.2) is 64.5 Å². The number of rotatable bonds is 7. The van der Waals surface area contributed by atoms with Gasteiger partial charge in [0, 0.05) is 39.6 Å². The van der Waals surface area contributed by atoms with Crippen molar-refractivity contribution in [3.05, 3.63) is 96.2 Å². The van der Waals surface area contributed by atoms with Gasteiger partial charge in [0.2, 0.25) is 11.6 Å². The molecule has 14 heteroatoms. The van der Waals surface area contributed by atoms with E-state index < -0.39 is 17.1 Å². The smallest absolute Gasteiger partial charge is 0.312 e. The number of para-hydroxylation sites is 1. The van der Waals surface area contributed by atoms with Crippen LogP contribution in [0.5, 0.6) is 5.75 Å². The summed E-state index contributed by atoms with van der Waals surface area (Å²) in [6.45, 7) is 1.16. The van der Waals surface area contributed by atoms with Crippen molar-refractivity contribution in [1.29, 1.82) is 0 Å². The zero-order valence-corrected chi connectivity index (χ0v) is 24.6. The fourth-order valence-electron chi connectivity index (χ4n) is 4.66. The fraction of sp³-hybridized carbons (Fsp3) is 0.172. The number of aromatic nitrogens is 2. The molecule has 2 aromatic heterocycles. The van der Waals surface area contributed by atoms with Gasteiger partial charge in [0.25, 0.3) is 11.5 Å². The first-order valence-electron chi connectivity index (χ1n) is 13.0. The monoisotopic (exact) mass is 665 g/mol. The van der Waals surface area contributed by atoms with Gasteiger partial charge in [-0.15, -0.1) is 0 Å². The lowest BCUT2D eigenvalue weighted by Gasteiger charge is -2.26. The van der Waals surface area contributed by atoms with Crippen LogP contribution in [0.25, 0.3) is 33.5 Å². The SMILES string of the molecule is O=C(COc1c(C=Nn2c(-c3cc4cc(Cl)ccc4o3)nc3ccccc3c2=O)cc(Br)cc1[N+](=O)[O-])N1CCOCC1. The van der Waals surface area contributed by atoms with Gasteiger partial charge in [0.05, 0.1) is 35.3 Å². The minimum Gasteiger partial charge on any atom is -0.476 e. The molecule has 1 fully saturated rings. The quantitative estimate of drug-likeness (QED) is 0.130. The van der Waals surface area contributed by atoms with Gasteiger partial charge in [-0.05, 0) is 42.5 Å². The first-order valence-corrected chi connectivity index (χ1v) is 14.2. The predicted molar refractivity (Wildman–Crippen MR) is 163 cm³/mol. The van der Waals surface area contributed by atoms with Crippen molar-refractivity contribution < 1.29 is 23.6 Å². The Labute approximate surface area is 256 Å². The standard InChI is InChI=1S/C29H21BrClN5O7/c30-19-11-18(27(23(14-19)36(39)40)42-16-26(37)34-7-9-41-10-8-34)15-32-35-28(33-22-4-2-1-3-21(22)29(35)38)25-13-17-12-20(31)5-6-24(17)43-25/h1-6,11-15H,7-10,16H2. The Kier molecular flexibility index (Phi) is 7.93. The number of halogens is 2. The molecule has 5 aromatic rings. The summed E-state index contributed by atoms with van der Waals surface area (Å²) in [6.07, 6.45) is 1.24. The van der Waals surface area contributed by atoms with E-state index in [1.54, 1.807) is 53.4 Å². The van der Waals surface area contributed by atoms with Crippen LogP contribution in [0.2, 0.25) is 5.02 Å². The molecule has 1 amide bonds. The lowest BCUT2D eigenvalue weighted by molar-refractivity contribution is -0.385. The molecule has 1 aliphatic heterocycles. The average molecular weight is 667 g/mol. The molecule has 12 nitrogen and oxygen atoms in total. The summed E-state index contributed by atoms with van der Waals surface area (Å²) in [5.41, 5.74) is 0.226. The fourth-order valence-corrected chi connectivity index (χ4v) is 5.31. The van der Waals surface area contributed by atoms with Gasteiger partial charge in [-0.2, -0.15) is 9.78 Å². The summed E-state index contributed by atoms with van der Waals surface area (Å²) >= 11 is 9.44. The third-order valence-electron chi connectivity index (χ3n) is 6.73. The molecule has 218 valence electrons. The number of nitro benzene ring substituents is 1. The number of hydrogen-bond donors (Lipinski definition) is 0. The van der Waals surface area contributed by atoms with Gasteiger partial charge in [-0.25, -0.2) is 4.98 Å². The number of ether oxygens (including phenoxy) is 2. The zero-order chi connectivity index (χ0) is 30.1. The Bertz CT molecular complexity index is 1980. The molecule has 0 spiro atoms. The minimum atomic E-state index is -0.620. The molecule has 43 heavy (non-hydrogen) atoms. The number of morpholine rings is 1. The highest BCUT2D eigenvalue weighted by atomic mass is 79.9. The highest BCUT2D eigenvalue weighted by Crippen LogP contribution is 2.34. The highest BCUT2D eigenvalue weighted by molar-refractivity contribution is 9.10. The number of nitro groups is 1. The largest absolute Gasteiger partial charge is 0.476 e. The van der Waals surface area contributed by atoms with E-state index >= 15 is 0 Å². The van der Waals surface area contributed by atoms with Crippen molar-refractivity contribution in [3.63, 3.8) is 0 Å². The lowest BCUT2D eigenvalue weighted by Crippen LogP contribution is -2.43. The second-order valence-corrected chi connectivity index (χ2v) is 10.8. The molecule has 0 N–H and O–H groups in total. The second-order valence-electron chi connectivity index (χ2n) is 9.49. The van der Waals surface area contributed by atoms with E-state index in [-0.39, 0.29) is 34.5 Å². The van der Waals surface area contributed by atoms with E-state index in [0.29, 0.717) is 57.7 Å². The van der Waals surface area contributed by atoms with E-state index in [1.165, 1.54) is 18.3 Å². The second kappa shape index (κ2) is 12.0. The van der Waals surface area contributed by atoms with Crippen LogP contribution in [0.3, 0.4) is 0 Å². The Morgan fingerprint density at radius 3 is 2.74 bits per heavy atom. The summed E-state index contributed by atoms with van der Waals surface area (Å²) in [5.74, 6) is -0.169. The van der Waals surface area contributed by atoms with Crippen molar-refractivity contribution in [1.82, 2.24) is 14.6 Å². The van der Waals surface area contributed by atoms with Crippen molar-refractivity contribution >= 4 is 67.2 Å². The molecule has 0 atom stereocenters.